The first-order valence-corrected chi connectivity index (χ1v) is 9.45. The number of ether oxygens (including phenoxy) is 1. The SMILES string of the molecule is O=C1c2c(-c3nc(-c4ccsc4)no3)nnn2CCN1C[C@H]1CCCO1. The Bertz CT molecular complexity index is 928. The van der Waals surface area contributed by atoms with Crippen molar-refractivity contribution in [3.63, 3.8) is 0 Å². The molecule has 1 amide bonds. The van der Waals surface area contributed by atoms with Crippen molar-refractivity contribution in [1.82, 2.24) is 30.0 Å². The summed E-state index contributed by atoms with van der Waals surface area (Å²) >= 11 is 1.55. The highest BCUT2D eigenvalue weighted by Crippen LogP contribution is 2.27. The van der Waals surface area contributed by atoms with Gasteiger partial charge in [0.05, 0.1) is 12.6 Å². The first kappa shape index (κ1) is 15.6. The molecule has 5 heterocycles. The lowest BCUT2D eigenvalue weighted by Gasteiger charge is -2.29. The van der Waals surface area contributed by atoms with E-state index in [0.29, 0.717) is 36.8 Å². The third-order valence-corrected chi connectivity index (χ3v) is 5.35. The second-order valence-corrected chi connectivity index (χ2v) is 7.11. The molecule has 0 saturated carbocycles. The Morgan fingerprint density at radius 3 is 3.12 bits per heavy atom. The van der Waals surface area contributed by atoms with Crippen LogP contribution < -0.4 is 0 Å². The molecule has 1 fully saturated rings. The van der Waals surface area contributed by atoms with E-state index in [-0.39, 0.29) is 17.9 Å². The van der Waals surface area contributed by atoms with Crippen molar-refractivity contribution < 1.29 is 14.1 Å². The number of amides is 1. The van der Waals surface area contributed by atoms with Crippen LogP contribution in [-0.2, 0) is 11.3 Å². The first-order chi connectivity index (χ1) is 12.8. The number of carbonyl (C=O) groups is 1. The number of nitrogens with zero attached hydrogens (tertiary/aromatic N) is 6. The number of rotatable bonds is 4. The summed E-state index contributed by atoms with van der Waals surface area (Å²) < 4.78 is 12.6. The van der Waals surface area contributed by atoms with Gasteiger partial charge in [0.15, 0.2) is 11.4 Å². The quantitative estimate of drug-likeness (QED) is 0.687. The van der Waals surface area contributed by atoms with Crippen molar-refractivity contribution in [3.05, 3.63) is 22.5 Å². The fourth-order valence-electron chi connectivity index (χ4n) is 3.33. The van der Waals surface area contributed by atoms with Crippen molar-refractivity contribution in [2.45, 2.75) is 25.5 Å². The van der Waals surface area contributed by atoms with Crippen LogP contribution in [0, 0.1) is 0 Å². The molecule has 3 aromatic heterocycles. The van der Waals surface area contributed by atoms with E-state index in [9.17, 15) is 4.79 Å². The maximum atomic E-state index is 13.0. The summed E-state index contributed by atoms with van der Waals surface area (Å²) in [5.74, 6) is 0.560. The average molecular weight is 372 g/mol. The number of aromatic nitrogens is 5. The molecule has 2 aliphatic heterocycles. The van der Waals surface area contributed by atoms with Gasteiger partial charge in [0.2, 0.25) is 5.82 Å². The van der Waals surface area contributed by atoms with E-state index in [1.165, 1.54) is 0 Å². The number of fused-ring (bicyclic) bond motifs is 1. The van der Waals surface area contributed by atoms with Crippen molar-refractivity contribution in [3.8, 4) is 23.0 Å². The van der Waals surface area contributed by atoms with Crippen LogP contribution in [0.2, 0.25) is 0 Å². The molecule has 3 aromatic rings. The molecule has 0 N–H and O–H groups in total. The molecule has 0 bridgehead atoms. The number of carbonyl (C=O) groups excluding carboxylic acids is 1. The van der Waals surface area contributed by atoms with E-state index in [1.807, 2.05) is 16.8 Å². The van der Waals surface area contributed by atoms with Gasteiger partial charge in [0.25, 0.3) is 11.8 Å². The fourth-order valence-corrected chi connectivity index (χ4v) is 3.96. The maximum Gasteiger partial charge on any atom is 0.281 e. The molecule has 1 atom stereocenters. The smallest absolute Gasteiger partial charge is 0.281 e. The van der Waals surface area contributed by atoms with Gasteiger partial charge in [-0.3, -0.25) is 4.79 Å². The molecular weight excluding hydrogens is 356 g/mol. The lowest BCUT2D eigenvalue weighted by molar-refractivity contribution is 0.0468. The molecule has 5 rings (SSSR count). The van der Waals surface area contributed by atoms with Crippen LogP contribution in [0.3, 0.4) is 0 Å². The zero-order chi connectivity index (χ0) is 17.5. The van der Waals surface area contributed by atoms with E-state index < -0.39 is 0 Å². The minimum atomic E-state index is -0.123. The Kier molecular flexibility index (Phi) is 3.79. The summed E-state index contributed by atoms with van der Waals surface area (Å²) in [5, 5.41) is 16.1. The Morgan fingerprint density at radius 2 is 2.31 bits per heavy atom. The van der Waals surface area contributed by atoms with Crippen LogP contribution >= 0.6 is 11.3 Å². The first-order valence-electron chi connectivity index (χ1n) is 8.50. The number of hydrogen-bond acceptors (Lipinski definition) is 8. The number of hydrogen-bond donors (Lipinski definition) is 0. The third-order valence-electron chi connectivity index (χ3n) is 4.66. The summed E-state index contributed by atoms with van der Waals surface area (Å²) in [6.45, 7) is 2.54. The molecule has 0 radical (unpaired) electrons. The van der Waals surface area contributed by atoms with Gasteiger partial charge < -0.3 is 14.2 Å². The van der Waals surface area contributed by atoms with Gasteiger partial charge in [-0.05, 0) is 24.3 Å². The summed E-state index contributed by atoms with van der Waals surface area (Å²) in [4.78, 5) is 19.2. The minimum Gasteiger partial charge on any atom is -0.376 e. The fraction of sp³-hybridized carbons (Fsp3) is 0.438. The van der Waals surface area contributed by atoms with Crippen LogP contribution in [0.5, 0.6) is 0 Å². The normalized spacial score (nSPS) is 19.9. The topological polar surface area (TPSA) is 99.2 Å². The van der Waals surface area contributed by atoms with Crippen LogP contribution in [0.1, 0.15) is 23.3 Å². The molecule has 9 nitrogen and oxygen atoms in total. The molecule has 0 unspecified atom stereocenters. The largest absolute Gasteiger partial charge is 0.376 e. The summed E-state index contributed by atoms with van der Waals surface area (Å²) in [5.41, 5.74) is 1.60. The Balaban J connectivity index is 1.44. The van der Waals surface area contributed by atoms with Crippen LogP contribution in [0.15, 0.2) is 21.3 Å². The predicted molar refractivity (Wildman–Crippen MR) is 91.5 cm³/mol. The third kappa shape index (κ3) is 2.61. The Hall–Kier alpha value is -2.59. The van der Waals surface area contributed by atoms with Crippen LogP contribution in [-0.4, -0.2) is 61.7 Å². The van der Waals surface area contributed by atoms with Crippen molar-refractivity contribution >= 4 is 17.2 Å². The van der Waals surface area contributed by atoms with Gasteiger partial charge in [-0.25, -0.2) is 4.68 Å². The maximum absolute atomic E-state index is 13.0. The van der Waals surface area contributed by atoms with Gasteiger partial charge in [0.1, 0.15) is 0 Å². The lowest BCUT2D eigenvalue weighted by atomic mass is 10.2. The van der Waals surface area contributed by atoms with E-state index in [1.54, 1.807) is 20.9 Å². The van der Waals surface area contributed by atoms with E-state index >= 15 is 0 Å². The monoisotopic (exact) mass is 372 g/mol. The van der Waals surface area contributed by atoms with Crippen LogP contribution in [0.25, 0.3) is 23.0 Å². The molecule has 1 saturated heterocycles. The summed E-state index contributed by atoms with van der Waals surface area (Å²) in [6.07, 6.45) is 2.14. The van der Waals surface area contributed by atoms with Crippen molar-refractivity contribution in [1.29, 1.82) is 0 Å². The van der Waals surface area contributed by atoms with Crippen LogP contribution in [0.4, 0.5) is 0 Å². The molecule has 0 spiro atoms. The van der Waals surface area contributed by atoms with E-state index in [4.69, 9.17) is 9.26 Å². The minimum absolute atomic E-state index is 0.110. The highest BCUT2D eigenvalue weighted by atomic mass is 32.1. The Morgan fingerprint density at radius 1 is 1.35 bits per heavy atom. The van der Waals surface area contributed by atoms with Gasteiger partial charge in [-0.15, -0.1) is 5.10 Å². The molecule has 0 aliphatic carbocycles. The molecule has 2 aliphatic rings. The van der Waals surface area contributed by atoms with Crippen molar-refractivity contribution in [2.75, 3.05) is 19.7 Å². The average Bonchev–Trinajstić information content (AvgIpc) is 3.44. The molecule has 0 aromatic carbocycles. The second-order valence-electron chi connectivity index (χ2n) is 6.33. The molecule has 10 heteroatoms. The molecule has 26 heavy (non-hydrogen) atoms. The standard InChI is InChI=1S/C16H16N6O3S/c23-16-13-12(15-17-14(19-25-15)10-3-7-26-9-10)18-20-22(13)5-4-21(16)8-11-2-1-6-24-11/h3,7,9,11H,1-2,4-6,8H2/t11-/m1/s1. The van der Waals surface area contributed by atoms with Gasteiger partial charge in [0, 0.05) is 30.6 Å². The predicted octanol–water partition coefficient (Wildman–Crippen LogP) is 1.69. The highest BCUT2D eigenvalue weighted by Gasteiger charge is 2.34. The highest BCUT2D eigenvalue weighted by molar-refractivity contribution is 7.08. The van der Waals surface area contributed by atoms with E-state index in [0.717, 1.165) is 25.0 Å². The van der Waals surface area contributed by atoms with Gasteiger partial charge in [-0.2, -0.15) is 16.3 Å². The van der Waals surface area contributed by atoms with E-state index in [2.05, 4.69) is 20.5 Å². The molecule has 134 valence electrons. The summed E-state index contributed by atoms with van der Waals surface area (Å²) in [7, 11) is 0. The lowest BCUT2D eigenvalue weighted by Crippen LogP contribution is -2.44. The second kappa shape index (κ2) is 6.29. The zero-order valence-electron chi connectivity index (χ0n) is 13.9. The summed E-state index contributed by atoms with van der Waals surface area (Å²) in [6, 6.07) is 1.91. The molecular formula is C16H16N6O3S. The van der Waals surface area contributed by atoms with Gasteiger partial charge >= 0.3 is 0 Å². The number of thiophene rings is 1. The zero-order valence-corrected chi connectivity index (χ0v) is 14.7. The van der Waals surface area contributed by atoms with Crippen molar-refractivity contribution in [2.24, 2.45) is 0 Å². The Labute approximate surface area is 152 Å². The van der Waals surface area contributed by atoms with Gasteiger partial charge in [-0.1, -0.05) is 10.4 Å².